The standard InChI is InChI=1S/C23H30N2O4/c1-2-29-18-10-8-16(9-11-18)20-19(21(26)17-6-7-17)22(27)23(28)25(20)15-14-24-12-4-3-5-13-24/h8-11,17,20,27H,2-7,12-15H2,1H3. The number of ketones is 1. The van der Waals surface area contributed by atoms with E-state index < -0.39 is 11.9 Å². The van der Waals surface area contributed by atoms with Crippen LogP contribution >= 0.6 is 0 Å². The highest BCUT2D eigenvalue weighted by atomic mass is 16.5. The zero-order valence-corrected chi connectivity index (χ0v) is 17.1. The molecule has 3 aliphatic rings. The van der Waals surface area contributed by atoms with Crippen molar-refractivity contribution < 1.29 is 19.4 Å². The Labute approximate surface area is 172 Å². The van der Waals surface area contributed by atoms with Gasteiger partial charge in [0.2, 0.25) is 0 Å². The third-order valence-corrected chi connectivity index (χ3v) is 6.13. The number of Topliss-reactive ketones (excluding diaryl/α,β-unsaturated/α-hetero) is 1. The summed E-state index contributed by atoms with van der Waals surface area (Å²) in [7, 11) is 0. The third kappa shape index (κ3) is 4.17. The number of rotatable bonds is 8. The van der Waals surface area contributed by atoms with Gasteiger partial charge >= 0.3 is 0 Å². The van der Waals surface area contributed by atoms with E-state index in [4.69, 9.17) is 4.74 Å². The molecule has 0 spiro atoms. The lowest BCUT2D eigenvalue weighted by Gasteiger charge is -2.31. The molecule has 1 unspecified atom stereocenters. The van der Waals surface area contributed by atoms with Gasteiger partial charge < -0.3 is 19.6 Å². The second-order valence-corrected chi connectivity index (χ2v) is 8.21. The van der Waals surface area contributed by atoms with Crippen molar-refractivity contribution in [3.8, 4) is 5.75 Å². The first-order valence-corrected chi connectivity index (χ1v) is 10.8. The number of amides is 1. The SMILES string of the molecule is CCOc1ccc(C2C(C(=O)C3CC3)=C(O)C(=O)N2CCN2CCCCC2)cc1. The summed E-state index contributed by atoms with van der Waals surface area (Å²) in [4.78, 5) is 29.9. The number of ether oxygens (including phenoxy) is 1. The van der Waals surface area contributed by atoms with E-state index in [1.54, 1.807) is 4.90 Å². The van der Waals surface area contributed by atoms with Gasteiger partial charge in [-0.05, 0) is 63.4 Å². The second kappa shape index (κ2) is 8.57. The molecule has 1 amide bonds. The number of carbonyl (C=O) groups excluding carboxylic acids is 2. The van der Waals surface area contributed by atoms with E-state index in [1.807, 2.05) is 31.2 Å². The summed E-state index contributed by atoms with van der Waals surface area (Å²) in [6.07, 6.45) is 5.31. The Morgan fingerprint density at radius 3 is 2.41 bits per heavy atom. The molecular weight excluding hydrogens is 368 g/mol. The number of hydrogen-bond acceptors (Lipinski definition) is 5. The van der Waals surface area contributed by atoms with Gasteiger partial charge in [0.05, 0.1) is 18.2 Å². The Bertz CT molecular complexity index is 792. The molecule has 2 aliphatic heterocycles. The van der Waals surface area contributed by atoms with E-state index in [-0.39, 0.29) is 23.0 Å². The molecular formula is C23H30N2O4. The van der Waals surface area contributed by atoms with E-state index in [1.165, 1.54) is 19.3 Å². The van der Waals surface area contributed by atoms with Crippen LogP contribution in [0.1, 0.15) is 50.6 Å². The van der Waals surface area contributed by atoms with Crippen LogP contribution in [0.5, 0.6) is 5.75 Å². The average molecular weight is 399 g/mol. The lowest BCUT2D eigenvalue weighted by molar-refractivity contribution is -0.129. The number of benzene rings is 1. The van der Waals surface area contributed by atoms with Crippen molar-refractivity contribution in [2.45, 2.75) is 45.1 Å². The predicted octanol–water partition coefficient (Wildman–Crippen LogP) is 3.25. The topological polar surface area (TPSA) is 70.1 Å². The minimum atomic E-state index is -0.518. The van der Waals surface area contributed by atoms with Crippen molar-refractivity contribution in [1.29, 1.82) is 0 Å². The Kier molecular flexibility index (Phi) is 5.90. The Morgan fingerprint density at radius 1 is 1.10 bits per heavy atom. The lowest BCUT2D eigenvalue weighted by atomic mass is 9.94. The van der Waals surface area contributed by atoms with Crippen molar-refractivity contribution in [2.75, 3.05) is 32.8 Å². The third-order valence-electron chi connectivity index (χ3n) is 6.13. The molecule has 0 bridgehead atoms. The molecule has 1 aromatic rings. The number of aliphatic hydroxyl groups is 1. The van der Waals surface area contributed by atoms with Gasteiger partial charge in [0.1, 0.15) is 5.75 Å². The van der Waals surface area contributed by atoms with Crippen LogP contribution in [0.2, 0.25) is 0 Å². The Balaban J connectivity index is 1.59. The zero-order valence-electron chi connectivity index (χ0n) is 17.1. The van der Waals surface area contributed by atoms with Gasteiger partial charge in [-0.1, -0.05) is 18.6 Å². The summed E-state index contributed by atoms with van der Waals surface area (Å²) in [6, 6.07) is 7.00. The minimum Gasteiger partial charge on any atom is -0.503 e. The summed E-state index contributed by atoms with van der Waals surface area (Å²) in [5, 5.41) is 10.6. The van der Waals surface area contributed by atoms with Gasteiger partial charge in [-0.3, -0.25) is 9.59 Å². The first-order chi connectivity index (χ1) is 14.1. The van der Waals surface area contributed by atoms with E-state index in [9.17, 15) is 14.7 Å². The van der Waals surface area contributed by atoms with E-state index in [0.29, 0.717) is 13.2 Å². The number of piperidine rings is 1. The number of nitrogens with zero attached hydrogens (tertiary/aromatic N) is 2. The van der Waals surface area contributed by atoms with Gasteiger partial charge in [-0.2, -0.15) is 0 Å². The number of hydrogen-bond donors (Lipinski definition) is 1. The van der Waals surface area contributed by atoms with E-state index in [2.05, 4.69) is 4.90 Å². The van der Waals surface area contributed by atoms with Crippen LogP contribution in [0.15, 0.2) is 35.6 Å². The monoisotopic (exact) mass is 398 g/mol. The maximum Gasteiger partial charge on any atom is 0.290 e. The highest BCUT2D eigenvalue weighted by Gasteiger charge is 2.46. The maximum atomic E-state index is 12.9. The van der Waals surface area contributed by atoms with Gasteiger partial charge in [-0.25, -0.2) is 0 Å². The molecule has 0 aromatic heterocycles. The van der Waals surface area contributed by atoms with Crippen LogP contribution in [0, 0.1) is 5.92 Å². The zero-order chi connectivity index (χ0) is 20.4. The molecule has 2 fully saturated rings. The highest BCUT2D eigenvalue weighted by Crippen LogP contribution is 2.43. The number of likely N-dealkylation sites (tertiary alicyclic amines) is 1. The van der Waals surface area contributed by atoms with E-state index in [0.717, 1.165) is 43.8 Å². The van der Waals surface area contributed by atoms with E-state index >= 15 is 0 Å². The smallest absolute Gasteiger partial charge is 0.290 e. The molecule has 1 aliphatic carbocycles. The highest BCUT2D eigenvalue weighted by molar-refractivity contribution is 6.10. The van der Waals surface area contributed by atoms with Gasteiger partial charge in [0, 0.05) is 19.0 Å². The molecule has 6 nitrogen and oxygen atoms in total. The van der Waals surface area contributed by atoms with Crippen molar-refractivity contribution in [3.63, 3.8) is 0 Å². The van der Waals surface area contributed by atoms with Crippen molar-refractivity contribution in [3.05, 3.63) is 41.2 Å². The molecule has 156 valence electrons. The molecule has 6 heteroatoms. The summed E-state index contributed by atoms with van der Waals surface area (Å²) < 4.78 is 5.53. The summed E-state index contributed by atoms with van der Waals surface area (Å²) >= 11 is 0. The lowest BCUT2D eigenvalue weighted by Crippen LogP contribution is -2.40. The molecule has 1 N–H and O–H groups in total. The molecule has 1 aromatic carbocycles. The molecule has 4 rings (SSSR count). The quantitative estimate of drug-likeness (QED) is 0.728. The van der Waals surface area contributed by atoms with Crippen LogP contribution in [-0.2, 0) is 9.59 Å². The van der Waals surface area contributed by atoms with Gasteiger partial charge in [-0.15, -0.1) is 0 Å². The van der Waals surface area contributed by atoms with Crippen molar-refractivity contribution in [1.82, 2.24) is 9.80 Å². The summed E-state index contributed by atoms with van der Waals surface area (Å²) in [5.41, 5.74) is 1.12. The largest absolute Gasteiger partial charge is 0.503 e. The fourth-order valence-electron chi connectivity index (χ4n) is 4.39. The predicted molar refractivity (Wildman–Crippen MR) is 110 cm³/mol. The van der Waals surface area contributed by atoms with Gasteiger partial charge in [0.15, 0.2) is 11.5 Å². The fraction of sp³-hybridized carbons (Fsp3) is 0.565. The van der Waals surface area contributed by atoms with Crippen molar-refractivity contribution >= 4 is 11.7 Å². The van der Waals surface area contributed by atoms with Crippen LogP contribution in [0.25, 0.3) is 0 Å². The van der Waals surface area contributed by atoms with Crippen LogP contribution < -0.4 is 4.74 Å². The number of aliphatic hydroxyl groups excluding tert-OH is 1. The second-order valence-electron chi connectivity index (χ2n) is 8.21. The first kappa shape index (κ1) is 20.0. The Morgan fingerprint density at radius 2 is 1.79 bits per heavy atom. The molecule has 1 saturated heterocycles. The van der Waals surface area contributed by atoms with Crippen LogP contribution in [0.3, 0.4) is 0 Å². The average Bonchev–Trinajstić information content (AvgIpc) is 3.56. The Hall–Kier alpha value is -2.34. The van der Waals surface area contributed by atoms with Crippen molar-refractivity contribution in [2.24, 2.45) is 5.92 Å². The van der Waals surface area contributed by atoms with Crippen LogP contribution in [0.4, 0.5) is 0 Å². The maximum absolute atomic E-state index is 12.9. The summed E-state index contributed by atoms with van der Waals surface area (Å²) in [6.45, 7) is 5.86. The van der Waals surface area contributed by atoms with Gasteiger partial charge in [0.25, 0.3) is 5.91 Å². The number of carbonyl (C=O) groups is 2. The minimum absolute atomic E-state index is 0.0489. The fourth-order valence-corrected chi connectivity index (χ4v) is 4.39. The molecule has 1 saturated carbocycles. The first-order valence-electron chi connectivity index (χ1n) is 10.8. The molecule has 0 radical (unpaired) electrons. The molecule has 1 atom stereocenters. The molecule has 2 heterocycles. The van der Waals surface area contributed by atoms with Crippen LogP contribution in [-0.4, -0.2) is 59.4 Å². The normalized spacial score (nSPS) is 23.0. The summed E-state index contributed by atoms with van der Waals surface area (Å²) in [5.74, 6) is -0.157. The molecule has 29 heavy (non-hydrogen) atoms.